The van der Waals surface area contributed by atoms with Crippen molar-refractivity contribution < 1.29 is 35.6 Å². The van der Waals surface area contributed by atoms with Crippen LogP contribution < -0.4 is 11.1 Å². The van der Waals surface area contributed by atoms with Gasteiger partial charge in [-0.05, 0) is 42.8 Å². The molecule has 166 valence electrons. The van der Waals surface area contributed by atoms with Crippen molar-refractivity contribution in [2.45, 2.75) is 25.8 Å². The van der Waals surface area contributed by atoms with Gasteiger partial charge in [0.25, 0.3) is 0 Å². The number of rotatable bonds is 6. The van der Waals surface area contributed by atoms with Crippen LogP contribution in [0, 0.1) is 0 Å². The SMILES string of the molecule is CC(=NCc1ccc(C(F)(F)F)cc1C(F)(F)F)/C(=C\N)NC(=O)/C=C/c1ccco1. The minimum atomic E-state index is -5.00. The Hall–Kier alpha value is -3.50. The first-order valence-electron chi connectivity index (χ1n) is 8.65. The van der Waals surface area contributed by atoms with E-state index < -0.39 is 41.5 Å². The Bertz CT molecular complexity index is 1000. The van der Waals surface area contributed by atoms with Gasteiger partial charge < -0.3 is 15.5 Å². The zero-order valence-electron chi connectivity index (χ0n) is 16.0. The van der Waals surface area contributed by atoms with Crippen molar-refractivity contribution >= 4 is 17.7 Å². The van der Waals surface area contributed by atoms with Gasteiger partial charge in [0.1, 0.15) is 5.76 Å². The lowest BCUT2D eigenvalue weighted by Gasteiger charge is -2.15. The summed E-state index contributed by atoms with van der Waals surface area (Å²) in [4.78, 5) is 15.9. The second-order valence-corrected chi connectivity index (χ2v) is 6.19. The van der Waals surface area contributed by atoms with Gasteiger partial charge in [-0.2, -0.15) is 26.3 Å². The summed E-state index contributed by atoms with van der Waals surface area (Å²) < 4.78 is 83.0. The third kappa shape index (κ3) is 6.76. The number of benzene rings is 1. The zero-order valence-corrected chi connectivity index (χ0v) is 16.0. The number of hydrogen-bond donors (Lipinski definition) is 2. The van der Waals surface area contributed by atoms with Gasteiger partial charge in [-0.1, -0.05) is 6.07 Å². The Morgan fingerprint density at radius 3 is 2.42 bits per heavy atom. The summed E-state index contributed by atoms with van der Waals surface area (Å²) in [7, 11) is 0. The van der Waals surface area contributed by atoms with E-state index >= 15 is 0 Å². The fraction of sp³-hybridized carbons (Fsp3) is 0.200. The molecule has 2 rings (SSSR count). The summed E-state index contributed by atoms with van der Waals surface area (Å²) in [6.07, 6.45) is -4.98. The molecule has 5 nitrogen and oxygen atoms in total. The molecule has 0 atom stereocenters. The quantitative estimate of drug-likeness (QED) is 0.377. The van der Waals surface area contributed by atoms with Gasteiger partial charge >= 0.3 is 12.4 Å². The van der Waals surface area contributed by atoms with Crippen molar-refractivity contribution in [3.63, 3.8) is 0 Å². The van der Waals surface area contributed by atoms with Crippen molar-refractivity contribution in [3.05, 3.63) is 77.0 Å². The number of allylic oxidation sites excluding steroid dienone is 1. The Morgan fingerprint density at radius 1 is 1.16 bits per heavy atom. The number of alkyl halides is 6. The highest BCUT2D eigenvalue weighted by Gasteiger charge is 2.37. The van der Waals surface area contributed by atoms with Gasteiger partial charge in [-0.3, -0.25) is 9.79 Å². The molecule has 1 aromatic heterocycles. The van der Waals surface area contributed by atoms with Gasteiger partial charge in [-0.15, -0.1) is 0 Å². The van der Waals surface area contributed by atoms with Crippen LogP contribution in [0.3, 0.4) is 0 Å². The van der Waals surface area contributed by atoms with Crippen LogP contribution in [-0.2, 0) is 23.7 Å². The van der Waals surface area contributed by atoms with Crippen LogP contribution in [0.5, 0.6) is 0 Å². The number of halogens is 6. The van der Waals surface area contributed by atoms with Crippen LogP contribution in [0.15, 0.2) is 64.0 Å². The Morgan fingerprint density at radius 2 is 1.87 bits per heavy atom. The van der Waals surface area contributed by atoms with Crippen molar-refractivity contribution in [2.75, 3.05) is 0 Å². The van der Waals surface area contributed by atoms with E-state index in [9.17, 15) is 31.1 Å². The second kappa shape index (κ2) is 9.54. The number of amides is 1. The lowest BCUT2D eigenvalue weighted by atomic mass is 10.0. The maximum Gasteiger partial charge on any atom is 0.416 e. The first kappa shape index (κ1) is 23.8. The average molecular weight is 445 g/mol. The molecule has 0 radical (unpaired) electrons. The molecule has 0 spiro atoms. The topological polar surface area (TPSA) is 80.6 Å². The van der Waals surface area contributed by atoms with Crippen LogP contribution >= 0.6 is 0 Å². The molecule has 1 aromatic carbocycles. The highest BCUT2D eigenvalue weighted by atomic mass is 19.4. The summed E-state index contributed by atoms with van der Waals surface area (Å²) in [6.45, 7) is 0.806. The molecule has 0 aliphatic carbocycles. The van der Waals surface area contributed by atoms with E-state index in [0.29, 0.717) is 11.8 Å². The lowest BCUT2D eigenvalue weighted by molar-refractivity contribution is -0.143. The smallest absolute Gasteiger partial charge is 0.416 e. The minimum absolute atomic E-state index is 0.0227. The lowest BCUT2D eigenvalue weighted by Crippen LogP contribution is -2.25. The van der Waals surface area contributed by atoms with E-state index in [1.54, 1.807) is 12.1 Å². The molecular formula is C20H17F6N3O2. The maximum absolute atomic E-state index is 13.2. The number of nitrogens with two attached hydrogens (primary N) is 1. The molecule has 0 saturated carbocycles. The van der Waals surface area contributed by atoms with Crippen molar-refractivity contribution in [1.82, 2.24) is 5.32 Å². The fourth-order valence-electron chi connectivity index (χ4n) is 2.41. The van der Waals surface area contributed by atoms with Gasteiger partial charge in [0, 0.05) is 12.3 Å². The highest BCUT2D eigenvalue weighted by Crippen LogP contribution is 2.37. The Balaban J connectivity index is 2.18. The Labute approximate surface area is 172 Å². The van der Waals surface area contributed by atoms with E-state index in [-0.39, 0.29) is 17.5 Å². The first-order valence-corrected chi connectivity index (χ1v) is 8.65. The number of carbonyl (C=O) groups is 1. The predicted molar refractivity (Wildman–Crippen MR) is 101 cm³/mol. The number of nitrogens with zero attached hydrogens (tertiary/aromatic N) is 1. The zero-order chi connectivity index (χ0) is 23.2. The van der Waals surface area contributed by atoms with Crippen LogP contribution in [0.1, 0.15) is 29.4 Å². The average Bonchev–Trinajstić information content (AvgIpc) is 3.20. The molecule has 31 heavy (non-hydrogen) atoms. The number of hydrogen-bond acceptors (Lipinski definition) is 4. The normalized spacial score (nSPS) is 13.6. The number of carbonyl (C=O) groups excluding carboxylic acids is 1. The summed E-state index contributed by atoms with van der Waals surface area (Å²) in [5.41, 5.74) is 2.23. The van der Waals surface area contributed by atoms with E-state index in [1.165, 1.54) is 19.3 Å². The first-order chi connectivity index (χ1) is 14.4. The summed E-state index contributed by atoms with van der Waals surface area (Å²) in [5.74, 6) is -0.186. The van der Waals surface area contributed by atoms with E-state index in [1.807, 2.05) is 0 Å². The molecule has 0 aliphatic heterocycles. The van der Waals surface area contributed by atoms with E-state index in [2.05, 4.69) is 10.3 Å². The molecule has 2 aromatic rings. The van der Waals surface area contributed by atoms with Gasteiger partial charge in [-0.25, -0.2) is 0 Å². The molecule has 11 heteroatoms. The van der Waals surface area contributed by atoms with Crippen LogP contribution in [0.4, 0.5) is 26.3 Å². The molecule has 1 amide bonds. The number of nitrogens with one attached hydrogen (secondary N) is 1. The van der Waals surface area contributed by atoms with E-state index in [0.717, 1.165) is 18.3 Å². The minimum Gasteiger partial charge on any atom is -0.465 e. The van der Waals surface area contributed by atoms with Gasteiger partial charge in [0.2, 0.25) is 5.91 Å². The van der Waals surface area contributed by atoms with Crippen molar-refractivity contribution in [2.24, 2.45) is 10.7 Å². The number of furan rings is 1. The third-order valence-corrected chi connectivity index (χ3v) is 3.99. The molecular weight excluding hydrogens is 428 g/mol. The molecule has 0 unspecified atom stereocenters. The molecule has 0 saturated heterocycles. The molecule has 0 bridgehead atoms. The standard InChI is InChI=1S/C20H17F6N3O2/c1-12(17(10-27)29-18(30)7-6-15-3-2-8-31-15)28-11-13-4-5-14(19(21,22)23)9-16(13)20(24,25)26/h2-10H,11,27H2,1H3,(H,29,30)/b7-6+,17-10+,28-12?. The van der Waals surface area contributed by atoms with Crippen molar-refractivity contribution in [1.29, 1.82) is 0 Å². The molecule has 1 heterocycles. The van der Waals surface area contributed by atoms with Gasteiger partial charge in [0.15, 0.2) is 0 Å². The van der Waals surface area contributed by atoms with Crippen LogP contribution in [-0.4, -0.2) is 11.6 Å². The summed E-state index contributed by atoms with van der Waals surface area (Å²) in [5, 5.41) is 2.41. The highest BCUT2D eigenvalue weighted by molar-refractivity contribution is 6.03. The predicted octanol–water partition coefficient (Wildman–Crippen LogP) is 4.91. The number of aliphatic imine (C=N–C) groups is 1. The Kier molecular flexibility index (Phi) is 7.32. The molecule has 0 fully saturated rings. The fourth-order valence-corrected chi connectivity index (χ4v) is 2.41. The summed E-state index contributed by atoms with van der Waals surface area (Å²) >= 11 is 0. The second-order valence-electron chi connectivity index (χ2n) is 6.19. The van der Waals surface area contributed by atoms with Crippen LogP contribution in [0.2, 0.25) is 0 Å². The molecule has 0 aliphatic rings. The maximum atomic E-state index is 13.2. The van der Waals surface area contributed by atoms with Crippen molar-refractivity contribution in [3.8, 4) is 0 Å². The van der Waals surface area contributed by atoms with Gasteiger partial charge in [0.05, 0.1) is 35.3 Å². The third-order valence-electron chi connectivity index (χ3n) is 3.99. The van der Waals surface area contributed by atoms with E-state index in [4.69, 9.17) is 10.2 Å². The molecule has 3 N–H and O–H groups in total. The largest absolute Gasteiger partial charge is 0.465 e. The monoisotopic (exact) mass is 445 g/mol. The van der Waals surface area contributed by atoms with Crippen LogP contribution in [0.25, 0.3) is 6.08 Å². The summed E-state index contributed by atoms with van der Waals surface area (Å²) in [6, 6.07) is 4.55.